The van der Waals surface area contributed by atoms with E-state index in [1.165, 1.54) is 44.5 Å². The van der Waals surface area contributed by atoms with Gasteiger partial charge in [-0.2, -0.15) is 0 Å². The molecule has 11 rings (SSSR count). The Balaban J connectivity index is 1.04. The van der Waals surface area contributed by atoms with E-state index >= 15 is 0 Å². The lowest BCUT2D eigenvalue weighted by Gasteiger charge is -2.29. The zero-order valence-corrected chi connectivity index (χ0v) is 34.1. The first-order chi connectivity index (χ1) is 29.1. The number of fused-ring (bicyclic) bond motifs is 8. The van der Waals surface area contributed by atoms with Gasteiger partial charge in [-0.25, -0.2) is 0 Å². The summed E-state index contributed by atoms with van der Waals surface area (Å²) in [6.07, 6.45) is 0. The fraction of sp³-hybridized carbons (Fsp3) is 0.107. The molecule has 0 amide bonds. The highest BCUT2D eigenvalue weighted by molar-refractivity contribution is 6.12. The molecule has 0 saturated carbocycles. The number of benzene rings is 9. The maximum atomic E-state index is 12.1. The zero-order valence-electron chi connectivity index (χ0n) is 34.1. The predicted molar refractivity (Wildman–Crippen MR) is 249 cm³/mol. The molecule has 4 heteroatoms. The van der Waals surface area contributed by atoms with Gasteiger partial charge < -0.3 is 20.0 Å². The Morgan fingerprint density at radius 1 is 0.300 bits per heavy atom. The van der Waals surface area contributed by atoms with Crippen molar-refractivity contribution in [1.29, 1.82) is 0 Å². The van der Waals surface area contributed by atoms with Crippen molar-refractivity contribution >= 4 is 55.7 Å². The van der Waals surface area contributed by atoms with Crippen molar-refractivity contribution in [3.63, 3.8) is 0 Å². The molecular formula is C56H44N2O2. The predicted octanol–water partition coefficient (Wildman–Crippen LogP) is 15.0. The summed E-state index contributed by atoms with van der Waals surface area (Å²) < 4.78 is 0. The van der Waals surface area contributed by atoms with Crippen LogP contribution in [0.15, 0.2) is 182 Å². The second-order valence-corrected chi connectivity index (χ2v) is 17.3. The Labute approximate surface area is 350 Å². The molecule has 0 unspecified atom stereocenters. The van der Waals surface area contributed by atoms with Crippen LogP contribution in [0.4, 0.5) is 34.1 Å². The summed E-state index contributed by atoms with van der Waals surface area (Å²) in [5, 5.41) is 26.6. The number of hydrogen-bond donors (Lipinski definition) is 2. The van der Waals surface area contributed by atoms with Gasteiger partial charge in [0.05, 0.1) is 0 Å². The van der Waals surface area contributed by atoms with E-state index in [0.29, 0.717) is 21.5 Å². The van der Waals surface area contributed by atoms with Gasteiger partial charge >= 0.3 is 0 Å². The molecule has 0 spiro atoms. The largest absolute Gasteiger partial charge is 0.507 e. The molecule has 0 fully saturated rings. The lowest BCUT2D eigenvalue weighted by atomic mass is 9.82. The van der Waals surface area contributed by atoms with Gasteiger partial charge in [-0.05, 0) is 129 Å². The van der Waals surface area contributed by atoms with Gasteiger partial charge in [0.25, 0.3) is 0 Å². The first kappa shape index (κ1) is 35.8. The number of anilines is 6. The Bertz CT molecular complexity index is 2970. The lowest BCUT2D eigenvalue weighted by Crippen LogP contribution is -2.16. The van der Waals surface area contributed by atoms with Gasteiger partial charge in [-0.1, -0.05) is 125 Å². The quantitative estimate of drug-likeness (QED) is 0.130. The average Bonchev–Trinajstić information content (AvgIpc) is 3.65. The van der Waals surface area contributed by atoms with Crippen LogP contribution in [0.2, 0.25) is 0 Å². The summed E-state index contributed by atoms with van der Waals surface area (Å²) >= 11 is 0. The monoisotopic (exact) mass is 776 g/mol. The number of aromatic hydroxyl groups is 2. The number of phenols is 2. The molecule has 9 aromatic rings. The second kappa shape index (κ2) is 13.1. The molecule has 9 aromatic carbocycles. The van der Waals surface area contributed by atoms with Crippen LogP contribution in [-0.4, -0.2) is 10.2 Å². The molecule has 0 atom stereocenters. The van der Waals surface area contributed by atoms with E-state index in [1.807, 2.05) is 72.8 Å². The number of rotatable bonds is 6. The lowest BCUT2D eigenvalue weighted by molar-refractivity contribution is 0.478. The van der Waals surface area contributed by atoms with Crippen molar-refractivity contribution in [3.8, 4) is 33.8 Å². The van der Waals surface area contributed by atoms with Crippen LogP contribution in [-0.2, 0) is 10.8 Å². The minimum Gasteiger partial charge on any atom is -0.507 e. The van der Waals surface area contributed by atoms with E-state index in [9.17, 15) is 10.2 Å². The first-order valence-electron chi connectivity index (χ1n) is 20.7. The van der Waals surface area contributed by atoms with Crippen molar-refractivity contribution < 1.29 is 10.2 Å². The van der Waals surface area contributed by atoms with Gasteiger partial charge in [-0.15, -0.1) is 0 Å². The third-order valence-corrected chi connectivity index (χ3v) is 13.2. The summed E-state index contributed by atoms with van der Waals surface area (Å²) in [6, 6.07) is 63.5. The average molecular weight is 777 g/mol. The fourth-order valence-corrected chi connectivity index (χ4v) is 10.1. The summed E-state index contributed by atoms with van der Waals surface area (Å²) in [5.41, 5.74) is 15.8. The van der Waals surface area contributed by atoms with Crippen LogP contribution in [0.3, 0.4) is 0 Å². The molecule has 60 heavy (non-hydrogen) atoms. The third-order valence-electron chi connectivity index (χ3n) is 13.2. The van der Waals surface area contributed by atoms with E-state index in [0.717, 1.165) is 34.1 Å². The van der Waals surface area contributed by atoms with Crippen molar-refractivity contribution in [2.75, 3.05) is 9.80 Å². The normalized spacial score (nSPS) is 14.1. The highest BCUT2D eigenvalue weighted by Gasteiger charge is 2.37. The SMILES string of the molecule is CC1(C)c2ccccc2-c2ccc(N(c3ccccc3)c3ccc4c(O)c5cc(N(c6ccccc6)c6ccc7c(c6)C(C)(C)c6ccccc6-7)ccc5c(O)c4c3)cc21. The minimum absolute atomic E-state index is 0.132. The van der Waals surface area contributed by atoms with Crippen LogP contribution in [0.1, 0.15) is 49.9 Å². The van der Waals surface area contributed by atoms with E-state index in [1.54, 1.807) is 0 Å². The third kappa shape index (κ3) is 5.23. The number of para-hydroxylation sites is 2. The van der Waals surface area contributed by atoms with Gasteiger partial charge in [0.2, 0.25) is 0 Å². The van der Waals surface area contributed by atoms with E-state index in [4.69, 9.17) is 0 Å². The van der Waals surface area contributed by atoms with Crippen molar-refractivity contribution in [2.45, 2.75) is 38.5 Å². The van der Waals surface area contributed by atoms with E-state index < -0.39 is 0 Å². The van der Waals surface area contributed by atoms with Crippen molar-refractivity contribution in [1.82, 2.24) is 0 Å². The summed E-state index contributed by atoms with van der Waals surface area (Å²) in [4.78, 5) is 4.47. The first-order valence-corrected chi connectivity index (χ1v) is 20.7. The Morgan fingerprint density at radius 3 is 1.05 bits per heavy atom. The molecule has 2 N–H and O–H groups in total. The number of hydrogen-bond acceptors (Lipinski definition) is 4. The molecule has 0 saturated heterocycles. The van der Waals surface area contributed by atoms with Gasteiger partial charge in [0.15, 0.2) is 0 Å². The Kier molecular flexibility index (Phi) is 7.83. The fourth-order valence-electron chi connectivity index (χ4n) is 10.1. The molecule has 0 aromatic heterocycles. The van der Waals surface area contributed by atoms with Gasteiger partial charge in [0.1, 0.15) is 11.5 Å². The molecule has 0 heterocycles. The highest BCUT2D eigenvalue weighted by atomic mass is 16.3. The van der Waals surface area contributed by atoms with Crippen LogP contribution < -0.4 is 9.80 Å². The van der Waals surface area contributed by atoms with Crippen molar-refractivity contribution in [3.05, 3.63) is 204 Å². The molecule has 0 aliphatic heterocycles. The topological polar surface area (TPSA) is 46.9 Å². The smallest absolute Gasteiger partial charge is 0.131 e. The second-order valence-electron chi connectivity index (χ2n) is 17.3. The Hall–Kier alpha value is -7.30. The standard InChI is InChI=1S/C56H44N2O2/c1-55(2)49-21-13-11-19-41(49)43-27-23-39(33-51(43)55)57(35-15-7-5-8-16-35)37-25-29-45-47(31-37)53(59)46-30-26-38(32-48(46)54(45)60)58(36-17-9-6-10-18-36)40-24-28-44-42-20-12-14-22-50(42)56(3,4)52(44)34-40/h5-34,59-60H,1-4H3. The van der Waals surface area contributed by atoms with Crippen LogP contribution in [0.25, 0.3) is 43.8 Å². The Morgan fingerprint density at radius 2 is 0.633 bits per heavy atom. The summed E-state index contributed by atoms with van der Waals surface area (Å²) in [7, 11) is 0. The molecule has 4 nitrogen and oxygen atoms in total. The number of phenolic OH excluding ortho intramolecular Hbond substituents is 2. The maximum Gasteiger partial charge on any atom is 0.131 e. The summed E-state index contributed by atoms with van der Waals surface area (Å²) in [6.45, 7) is 9.19. The van der Waals surface area contributed by atoms with Crippen molar-refractivity contribution in [2.24, 2.45) is 0 Å². The maximum absolute atomic E-state index is 12.1. The minimum atomic E-state index is -0.158. The van der Waals surface area contributed by atoms with Gasteiger partial charge in [0, 0.05) is 66.5 Å². The molecular weight excluding hydrogens is 733 g/mol. The molecule has 2 aliphatic carbocycles. The van der Waals surface area contributed by atoms with Crippen LogP contribution in [0.5, 0.6) is 11.5 Å². The molecule has 2 aliphatic rings. The van der Waals surface area contributed by atoms with E-state index in [2.05, 4.69) is 147 Å². The van der Waals surface area contributed by atoms with E-state index in [-0.39, 0.29) is 22.3 Å². The summed E-state index contributed by atoms with van der Waals surface area (Å²) in [5.74, 6) is 0.265. The molecule has 0 bridgehead atoms. The van der Waals surface area contributed by atoms with Crippen LogP contribution in [0, 0.1) is 0 Å². The molecule has 290 valence electrons. The molecule has 0 radical (unpaired) electrons. The number of nitrogens with zero attached hydrogens (tertiary/aromatic N) is 2. The van der Waals surface area contributed by atoms with Crippen LogP contribution >= 0.6 is 0 Å². The zero-order chi connectivity index (χ0) is 40.9. The van der Waals surface area contributed by atoms with Gasteiger partial charge in [-0.3, -0.25) is 0 Å². The highest BCUT2D eigenvalue weighted by Crippen LogP contribution is 2.53.